The molecule has 1 atom stereocenters. The largest absolute Gasteiger partial charge is 0.493 e. The molecule has 0 saturated heterocycles. The van der Waals surface area contributed by atoms with Gasteiger partial charge in [0, 0.05) is 16.5 Å². The molecule has 0 spiro atoms. The molecule has 0 fully saturated rings. The van der Waals surface area contributed by atoms with E-state index in [9.17, 15) is 10.1 Å². The van der Waals surface area contributed by atoms with E-state index in [1.165, 1.54) is 22.5 Å². The summed E-state index contributed by atoms with van der Waals surface area (Å²) >= 11 is 1.32. The molecule has 140 valence electrons. The van der Waals surface area contributed by atoms with E-state index in [1.807, 2.05) is 41.8 Å². The van der Waals surface area contributed by atoms with Gasteiger partial charge in [-0.2, -0.15) is 5.26 Å². The Kier molecular flexibility index (Phi) is 4.84. The van der Waals surface area contributed by atoms with Gasteiger partial charge in [-0.1, -0.05) is 12.1 Å². The fourth-order valence-electron chi connectivity index (χ4n) is 3.29. The first-order valence-corrected chi connectivity index (χ1v) is 9.76. The fraction of sp³-hybridized carbons (Fsp3) is 0.227. The first-order valence-electron chi connectivity index (χ1n) is 8.88. The van der Waals surface area contributed by atoms with Crippen molar-refractivity contribution in [1.82, 2.24) is 4.98 Å². The van der Waals surface area contributed by atoms with Crippen LogP contribution in [0, 0.1) is 11.3 Å². The van der Waals surface area contributed by atoms with Crippen LogP contribution >= 0.6 is 11.3 Å². The third-order valence-corrected chi connectivity index (χ3v) is 5.90. The Balaban J connectivity index is 1.62. The molecule has 2 aromatic carbocycles. The molecule has 0 aliphatic heterocycles. The normalized spacial score (nSPS) is 13.0. The molecule has 1 aliphatic carbocycles. The summed E-state index contributed by atoms with van der Waals surface area (Å²) in [5.41, 5.74) is 4.60. The van der Waals surface area contributed by atoms with E-state index in [1.54, 1.807) is 14.2 Å². The Morgan fingerprint density at radius 3 is 2.54 bits per heavy atom. The third-order valence-electron chi connectivity index (χ3n) is 4.99. The first kappa shape index (κ1) is 18.2. The summed E-state index contributed by atoms with van der Waals surface area (Å²) in [6.07, 6.45) is 2.06. The number of benzene rings is 2. The number of nitriles is 1. The summed E-state index contributed by atoms with van der Waals surface area (Å²) in [5.74, 6) is 0.124. The smallest absolute Gasteiger partial charge is 0.186 e. The van der Waals surface area contributed by atoms with Gasteiger partial charge in [0.15, 0.2) is 23.2 Å². The number of fused-ring (bicyclic) bond motifs is 1. The van der Waals surface area contributed by atoms with E-state index in [4.69, 9.17) is 9.47 Å². The average Bonchev–Trinajstić information content (AvgIpc) is 3.18. The zero-order valence-corrected chi connectivity index (χ0v) is 16.4. The molecule has 28 heavy (non-hydrogen) atoms. The van der Waals surface area contributed by atoms with Crippen molar-refractivity contribution in [3.05, 3.63) is 63.5 Å². The van der Waals surface area contributed by atoms with E-state index in [2.05, 4.69) is 11.1 Å². The number of rotatable bonds is 6. The first-order chi connectivity index (χ1) is 13.6. The zero-order chi connectivity index (χ0) is 19.7. The molecule has 0 radical (unpaired) electrons. The monoisotopic (exact) mass is 390 g/mol. The van der Waals surface area contributed by atoms with Crippen molar-refractivity contribution < 1.29 is 14.3 Å². The maximum absolute atomic E-state index is 12.9. The van der Waals surface area contributed by atoms with Crippen LogP contribution in [-0.4, -0.2) is 25.0 Å². The van der Waals surface area contributed by atoms with Crippen molar-refractivity contribution >= 4 is 17.1 Å². The van der Waals surface area contributed by atoms with E-state index >= 15 is 0 Å². The number of methoxy groups -OCH3 is 2. The highest BCUT2D eigenvalue weighted by Crippen LogP contribution is 2.34. The molecule has 0 N–H and O–H groups in total. The lowest BCUT2D eigenvalue weighted by molar-refractivity contribution is 0.0978. The number of nitrogens with zero attached hydrogens (tertiary/aromatic N) is 2. The summed E-state index contributed by atoms with van der Waals surface area (Å²) in [6.45, 7) is 0. The summed E-state index contributed by atoms with van der Waals surface area (Å²) in [5, 5.41) is 12.0. The van der Waals surface area contributed by atoms with Gasteiger partial charge in [0.2, 0.25) is 0 Å². The quantitative estimate of drug-likeness (QED) is 0.583. The third kappa shape index (κ3) is 3.14. The summed E-state index contributed by atoms with van der Waals surface area (Å²) < 4.78 is 10.6. The minimum absolute atomic E-state index is 0.203. The standard InChI is InChI=1S/C22H18N2O3S/c1-26-19-8-7-15(10-20(19)27-2)18-12-28-22(24-18)17(11-23)21(25)16-6-4-13-3-5-14(13)9-16/h4,6-10,12,17H,3,5H2,1-2H3. The molecule has 1 unspecified atom stereocenters. The van der Waals surface area contributed by atoms with Gasteiger partial charge in [-0.15, -0.1) is 11.3 Å². The second-order valence-electron chi connectivity index (χ2n) is 6.55. The summed E-state index contributed by atoms with van der Waals surface area (Å²) in [7, 11) is 3.16. The van der Waals surface area contributed by atoms with Crippen molar-refractivity contribution in [2.75, 3.05) is 14.2 Å². The second kappa shape index (κ2) is 7.45. The zero-order valence-electron chi connectivity index (χ0n) is 15.6. The fourth-order valence-corrected chi connectivity index (χ4v) is 4.16. The van der Waals surface area contributed by atoms with Gasteiger partial charge >= 0.3 is 0 Å². The van der Waals surface area contributed by atoms with Crippen LogP contribution in [0.2, 0.25) is 0 Å². The Labute approximate surface area is 167 Å². The van der Waals surface area contributed by atoms with Crippen LogP contribution in [0.4, 0.5) is 0 Å². The molecular weight excluding hydrogens is 372 g/mol. The Bertz CT molecular complexity index is 1100. The van der Waals surface area contributed by atoms with Crippen LogP contribution in [-0.2, 0) is 12.8 Å². The van der Waals surface area contributed by atoms with Crippen LogP contribution in [0.1, 0.15) is 32.4 Å². The average molecular weight is 390 g/mol. The van der Waals surface area contributed by atoms with E-state index in [-0.39, 0.29) is 5.78 Å². The van der Waals surface area contributed by atoms with Gasteiger partial charge in [-0.25, -0.2) is 4.98 Å². The number of hydrogen-bond acceptors (Lipinski definition) is 6. The minimum Gasteiger partial charge on any atom is -0.493 e. The van der Waals surface area contributed by atoms with Gasteiger partial charge in [0.1, 0.15) is 5.01 Å². The highest BCUT2D eigenvalue weighted by Gasteiger charge is 2.26. The molecule has 1 aliphatic rings. The number of Topliss-reactive ketones (excluding diaryl/α,β-unsaturated/α-hetero) is 1. The number of aromatic nitrogens is 1. The summed E-state index contributed by atoms with van der Waals surface area (Å²) in [4.78, 5) is 17.5. The van der Waals surface area contributed by atoms with Gasteiger partial charge < -0.3 is 9.47 Å². The van der Waals surface area contributed by atoms with Crippen molar-refractivity contribution in [2.45, 2.75) is 18.8 Å². The van der Waals surface area contributed by atoms with E-state index in [0.29, 0.717) is 27.8 Å². The SMILES string of the molecule is COc1ccc(-c2csc(C(C#N)C(=O)c3ccc4c(c3)CC4)n2)cc1OC. The van der Waals surface area contributed by atoms with Gasteiger partial charge in [-0.3, -0.25) is 4.79 Å². The number of thiazole rings is 1. The van der Waals surface area contributed by atoms with Crippen molar-refractivity contribution in [1.29, 1.82) is 5.26 Å². The van der Waals surface area contributed by atoms with Gasteiger partial charge in [0.05, 0.1) is 26.0 Å². The Morgan fingerprint density at radius 1 is 1.11 bits per heavy atom. The predicted molar refractivity (Wildman–Crippen MR) is 107 cm³/mol. The lowest BCUT2D eigenvalue weighted by Gasteiger charge is -2.19. The predicted octanol–water partition coefficient (Wildman–Crippen LogP) is 4.42. The topological polar surface area (TPSA) is 72.2 Å². The van der Waals surface area contributed by atoms with Crippen LogP contribution < -0.4 is 9.47 Å². The molecular formula is C22H18N2O3S. The molecule has 0 bridgehead atoms. The van der Waals surface area contributed by atoms with Crippen LogP contribution in [0.5, 0.6) is 11.5 Å². The maximum Gasteiger partial charge on any atom is 0.186 e. The molecule has 0 saturated carbocycles. The lowest BCUT2D eigenvalue weighted by Crippen LogP contribution is -2.14. The molecule has 1 heterocycles. The minimum atomic E-state index is -0.906. The van der Waals surface area contributed by atoms with Gasteiger partial charge in [0.25, 0.3) is 0 Å². The number of ketones is 1. The molecule has 3 aromatic rings. The Hall–Kier alpha value is -3.17. The Morgan fingerprint density at radius 2 is 1.89 bits per heavy atom. The molecule has 0 amide bonds. The van der Waals surface area contributed by atoms with Crippen molar-refractivity contribution in [3.63, 3.8) is 0 Å². The van der Waals surface area contributed by atoms with Crippen LogP contribution in [0.15, 0.2) is 41.8 Å². The second-order valence-corrected chi connectivity index (χ2v) is 7.44. The maximum atomic E-state index is 12.9. The van der Waals surface area contributed by atoms with Crippen LogP contribution in [0.3, 0.4) is 0 Å². The number of carbonyl (C=O) groups excluding carboxylic acids is 1. The van der Waals surface area contributed by atoms with Crippen LogP contribution in [0.25, 0.3) is 11.3 Å². The lowest BCUT2D eigenvalue weighted by atomic mass is 9.85. The van der Waals surface area contributed by atoms with Crippen molar-refractivity contribution in [2.24, 2.45) is 0 Å². The van der Waals surface area contributed by atoms with Crippen molar-refractivity contribution in [3.8, 4) is 28.8 Å². The summed E-state index contributed by atoms with van der Waals surface area (Å²) in [6, 6.07) is 13.3. The number of ether oxygens (including phenoxy) is 2. The number of aryl methyl sites for hydroxylation is 2. The molecule has 4 rings (SSSR count). The van der Waals surface area contributed by atoms with E-state index in [0.717, 1.165) is 18.4 Å². The highest BCUT2D eigenvalue weighted by molar-refractivity contribution is 7.10. The molecule has 6 heteroatoms. The molecule has 1 aromatic heterocycles. The van der Waals surface area contributed by atoms with E-state index < -0.39 is 5.92 Å². The van der Waals surface area contributed by atoms with Gasteiger partial charge in [-0.05, 0) is 48.2 Å². The number of hydrogen-bond donors (Lipinski definition) is 0. The molecule has 5 nitrogen and oxygen atoms in total. The number of carbonyl (C=O) groups is 1. The highest BCUT2D eigenvalue weighted by atomic mass is 32.1.